The summed E-state index contributed by atoms with van der Waals surface area (Å²) in [4.78, 5) is 0. The molecule has 1 aromatic carbocycles. The minimum atomic E-state index is 0.691. The number of benzene rings is 1. The molecule has 0 fully saturated rings. The van der Waals surface area contributed by atoms with E-state index in [2.05, 4.69) is 0 Å². The van der Waals surface area contributed by atoms with Crippen LogP contribution in [0.5, 0.6) is 0 Å². The van der Waals surface area contributed by atoms with E-state index in [4.69, 9.17) is 5.73 Å². The summed E-state index contributed by atoms with van der Waals surface area (Å²) >= 11 is 0. The van der Waals surface area contributed by atoms with Gasteiger partial charge in [-0.2, -0.15) is 4.73 Å². The quantitative estimate of drug-likeness (QED) is 0.372. The summed E-state index contributed by atoms with van der Waals surface area (Å²) in [5.41, 5.74) is 7.95. The van der Waals surface area contributed by atoms with Gasteiger partial charge in [0.15, 0.2) is 6.20 Å². The Bertz CT molecular complexity index is 466. The van der Waals surface area contributed by atoms with Gasteiger partial charge in [0.25, 0.3) is 0 Å². The summed E-state index contributed by atoms with van der Waals surface area (Å²) in [5, 5.41) is 12.3. The molecule has 66 valence electrons. The Hall–Kier alpha value is -1.77. The Balaban J connectivity index is 2.94. The first-order valence-corrected chi connectivity index (χ1v) is 4.06. The number of aromatic nitrogens is 1. The molecule has 0 saturated carbocycles. The molecule has 1 heterocycles. The van der Waals surface area contributed by atoms with E-state index in [1.54, 1.807) is 18.2 Å². The van der Waals surface area contributed by atoms with E-state index in [0.29, 0.717) is 11.2 Å². The normalized spacial score (nSPS) is 10.5. The molecule has 3 heteroatoms. The molecular formula is C10H10N2O. The first-order chi connectivity index (χ1) is 6.18. The number of fused-ring (bicyclic) bond motifs is 1. The molecule has 0 radical (unpaired) electrons. The highest BCUT2D eigenvalue weighted by Crippen LogP contribution is 2.17. The molecule has 0 aliphatic rings. The second-order valence-electron chi connectivity index (χ2n) is 3.11. The van der Waals surface area contributed by atoms with Crippen molar-refractivity contribution in [2.24, 2.45) is 0 Å². The SMILES string of the molecule is Cc1cc(N)cc2ccc[n+]([O-])c12. The van der Waals surface area contributed by atoms with Crippen LogP contribution in [0.3, 0.4) is 0 Å². The predicted octanol–water partition coefficient (Wildman–Crippen LogP) is 1.36. The fourth-order valence-electron chi connectivity index (χ4n) is 1.56. The van der Waals surface area contributed by atoms with Crippen LogP contribution in [0.1, 0.15) is 5.56 Å². The topological polar surface area (TPSA) is 53.0 Å². The summed E-state index contributed by atoms with van der Waals surface area (Å²) in [7, 11) is 0. The summed E-state index contributed by atoms with van der Waals surface area (Å²) in [6, 6.07) is 7.20. The van der Waals surface area contributed by atoms with Gasteiger partial charge in [-0.3, -0.25) is 0 Å². The lowest BCUT2D eigenvalue weighted by atomic mass is 10.1. The Morgan fingerprint density at radius 1 is 1.38 bits per heavy atom. The van der Waals surface area contributed by atoms with Crippen molar-refractivity contribution in [1.29, 1.82) is 0 Å². The lowest BCUT2D eigenvalue weighted by Gasteiger charge is -2.04. The Morgan fingerprint density at radius 3 is 2.92 bits per heavy atom. The number of nitrogen functional groups attached to an aromatic ring is 1. The molecule has 0 bridgehead atoms. The average Bonchev–Trinajstić information content (AvgIpc) is 2.02. The molecule has 0 spiro atoms. The van der Waals surface area contributed by atoms with Crippen molar-refractivity contribution in [3.63, 3.8) is 0 Å². The van der Waals surface area contributed by atoms with Crippen molar-refractivity contribution < 1.29 is 4.73 Å². The number of nitrogens with zero attached hydrogens (tertiary/aromatic N) is 1. The van der Waals surface area contributed by atoms with Gasteiger partial charge in [-0.05, 0) is 25.1 Å². The third-order valence-corrected chi connectivity index (χ3v) is 2.07. The van der Waals surface area contributed by atoms with Crippen molar-refractivity contribution in [2.45, 2.75) is 6.92 Å². The predicted molar refractivity (Wildman–Crippen MR) is 52.1 cm³/mol. The third kappa shape index (κ3) is 1.18. The molecule has 0 aliphatic heterocycles. The molecule has 0 atom stereocenters. The molecular weight excluding hydrogens is 164 g/mol. The molecule has 2 N–H and O–H groups in total. The van der Waals surface area contributed by atoms with Gasteiger partial charge in [0, 0.05) is 22.7 Å². The highest BCUT2D eigenvalue weighted by atomic mass is 16.5. The lowest BCUT2D eigenvalue weighted by Crippen LogP contribution is -2.26. The van der Waals surface area contributed by atoms with E-state index in [1.807, 2.05) is 13.0 Å². The maximum absolute atomic E-state index is 11.4. The number of nitrogens with two attached hydrogens (primary N) is 1. The van der Waals surface area contributed by atoms with Gasteiger partial charge in [0.05, 0.1) is 0 Å². The molecule has 0 saturated heterocycles. The number of aryl methyl sites for hydroxylation is 1. The van der Waals surface area contributed by atoms with Crippen LogP contribution in [0.4, 0.5) is 5.69 Å². The van der Waals surface area contributed by atoms with E-state index < -0.39 is 0 Å². The lowest BCUT2D eigenvalue weighted by molar-refractivity contribution is -0.577. The van der Waals surface area contributed by atoms with E-state index in [-0.39, 0.29) is 0 Å². The minimum absolute atomic E-state index is 0.691. The van der Waals surface area contributed by atoms with Crippen molar-refractivity contribution in [3.8, 4) is 0 Å². The van der Waals surface area contributed by atoms with Crippen LogP contribution in [0.2, 0.25) is 0 Å². The van der Waals surface area contributed by atoms with Gasteiger partial charge >= 0.3 is 0 Å². The second-order valence-corrected chi connectivity index (χ2v) is 3.11. The third-order valence-electron chi connectivity index (χ3n) is 2.07. The molecule has 0 unspecified atom stereocenters. The largest absolute Gasteiger partial charge is 0.618 e. The summed E-state index contributed by atoms with van der Waals surface area (Å²) < 4.78 is 0.865. The van der Waals surface area contributed by atoms with Gasteiger partial charge < -0.3 is 10.9 Å². The fraction of sp³-hybridized carbons (Fsp3) is 0.100. The monoisotopic (exact) mass is 174 g/mol. The Labute approximate surface area is 76.0 Å². The maximum Gasteiger partial charge on any atom is 0.226 e. The number of hydrogen-bond donors (Lipinski definition) is 1. The Morgan fingerprint density at radius 2 is 2.15 bits per heavy atom. The minimum Gasteiger partial charge on any atom is -0.618 e. The molecule has 0 aliphatic carbocycles. The summed E-state index contributed by atoms with van der Waals surface area (Å²) in [6.45, 7) is 1.88. The average molecular weight is 174 g/mol. The van der Waals surface area contributed by atoms with Crippen LogP contribution in [-0.2, 0) is 0 Å². The number of pyridine rings is 1. The van der Waals surface area contributed by atoms with E-state index >= 15 is 0 Å². The molecule has 2 rings (SSSR count). The summed E-state index contributed by atoms with van der Waals surface area (Å²) in [6.07, 6.45) is 1.49. The fourth-order valence-corrected chi connectivity index (χ4v) is 1.56. The first-order valence-electron chi connectivity index (χ1n) is 4.06. The number of rotatable bonds is 0. The van der Waals surface area contributed by atoms with E-state index in [9.17, 15) is 5.21 Å². The van der Waals surface area contributed by atoms with Crippen LogP contribution in [0, 0.1) is 12.1 Å². The number of hydrogen-bond acceptors (Lipinski definition) is 2. The second kappa shape index (κ2) is 2.62. The smallest absolute Gasteiger partial charge is 0.226 e. The highest BCUT2D eigenvalue weighted by molar-refractivity contribution is 5.82. The van der Waals surface area contributed by atoms with Crippen LogP contribution in [-0.4, -0.2) is 0 Å². The zero-order valence-electron chi connectivity index (χ0n) is 7.32. The van der Waals surface area contributed by atoms with Crippen molar-refractivity contribution in [1.82, 2.24) is 0 Å². The summed E-state index contributed by atoms with van der Waals surface area (Å²) in [5.74, 6) is 0. The van der Waals surface area contributed by atoms with E-state index in [0.717, 1.165) is 15.7 Å². The number of anilines is 1. The van der Waals surface area contributed by atoms with E-state index in [1.165, 1.54) is 6.20 Å². The van der Waals surface area contributed by atoms with Gasteiger partial charge in [-0.25, -0.2) is 0 Å². The van der Waals surface area contributed by atoms with Crippen LogP contribution < -0.4 is 10.5 Å². The first kappa shape index (κ1) is 7.86. The molecule has 3 nitrogen and oxygen atoms in total. The van der Waals surface area contributed by atoms with Crippen molar-refractivity contribution in [3.05, 3.63) is 41.2 Å². The van der Waals surface area contributed by atoms with Crippen LogP contribution in [0.25, 0.3) is 10.9 Å². The van der Waals surface area contributed by atoms with Crippen molar-refractivity contribution in [2.75, 3.05) is 5.73 Å². The molecule has 2 aromatic rings. The maximum atomic E-state index is 11.4. The van der Waals surface area contributed by atoms with Gasteiger partial charge in [0.2, 0.25) is 5.52 Å². The van der Waals surface area contributed by atoms with Gasteiger partial charge in [0.1, 0.15) is 0 Å². The standard InChI is InChI=1S/C10H10N2O/c1-7-5-9(11)6-8-3-2-4-12(13)10(7)8/h2-6H,11H2,1H3. The molecule has 13 heavy (non-hydrogen) atoms. The molecule has 1 aromatic heterocycles. The van der Waals surface area contributed by atoms with Crippen LogP contribution >= 0.6 is 0 Å². The highest BCUT2D eigenvalue weighted by Gasteiger charge is 2.06. The zero-order chi connectivity index (χ0) is 9.42. The van der Waals surface area contributed by atoms with Crippen molar-refractivity contribution >= 4 is 16.6 Å². The van der Waals surface area contributed by atoms with Crippen LogP contribution in [0.15, 0.2) is 30.5 Å². The van der Waals surface area contributed by atoms with Gasteiger partial charge in [-0.1, -0.05) is 0 Å². The van der Waals surface area contributed by atoms with Gasteiger partial charge in [-0.15, -0.1) is 0 Å². The molecule has 0 amide bonds. The zero-order valence-corrected chi connectivity index (χ0v) is 7.32. The Kier molecular flexibility index (Phi) is 1.59.